The molecule has 0 aliphatic rings. The fourth-order valence-corrected chi connectivity index (χ4v) is 3.82. The molecule has 1 unspecified atom stereocenters. The highest BCUT2D eigenvalue weighted by molar-refractivity contribution is 7.99. The molecule has 0 bridgehead atoms. The molecule has 0 fully saturated rings. The first-order valence-corrected chi connectivity index (χ1v) is 10.5. The molecule has 0 aliphatic heterocycles. The Balaban J connectivity index is 1.73. The minimum absolute atomic E-state index is 0.0148. The second-order valence-corrected chi connectivity index (χ2v) is 7.82. The lowest BCUT2D eigenvalue weighted by Gasteiger charge is -2.18. The third kappa shape index (κ3) is 5.11. The van der Waals surface area contributed by atoms with Crippen molar-refractivity contribution in [2.75, 3.05) is 12.8 Å². The van der Waals surface area contributed by atoms with Gasteiger partial charge < -0.3 is 10.6 Å². The summed E-state index contributed by atoms with van der Waals surface area (Å²) in [6.45, 7) is 4.04. The van der Waals surface area contributed by atoms with Crippen molar-refractivity contribution in [3.8, 4) is 5.69 Å². The van der Waals surface area contributed by atoms with E-state index < -0.39 is 29.5 Å². The van der Waals surface area contributed by atoms with Crippen LogP contribution in [0.15, 0.2) is 53.9 Å². The van der Waals surface area contributed by atoms with Gasteiger partial charge in [0.25, 0.3) is 0 Å². The van der Waals surface area contributed by atoms with Gasteiger partial charge in [-0.1, -0.05) is 30.0 Å². The van der Waals surface area contributed by atoms with E-state index in [0.29, 0.717) is 5.16 Å². The van der Waals surface area contributed by atoms with Crippen LogP contribution in [-0.4, -0.2) is 34.2 Å². The van der Waals surface area contributed by atoms with Crippen LogP contribution in [0, 0.1) is 25.5 Å². The van der Waals surface area contributed by atoms with E-state index in [-0.39, 0.29) is 11.3 Å². The molecule has 9 heteroatoms. The summed E-state index contributed by atoms with van der Waals surface area (Å²) in [6, 6.07) is 7.88. The lowest BCUT2D eigenvalue weighted by atomic mass is 10.1. The first kappa shape index (κ1) is 22.5. The van der Waals surface area contributed by atoms with Crippen LogP contribution in [-0.2, 0) is 9.59 Å². The molecule has 31 heavy (non-hydrogen) atoms. The lowest BCUT2D eigenvalue weighted by molar-refractivity contribution is -0.127. The maximum Gasteiger partial charge on any atom is 0.246 e. The SMILES string of the molecule is CNC(=O)C(NC(=O)CSc1nccn1-c1cccc(C)c1C)c1ccc(F)c(F)c1. The van der Waals surface area contributed by atoms with Crippen LogP contribution in [0.3, 0.4) is 0 Å². The van der Waals surface area contributed by atoms with E-state index in [1.165, 1.54) is 24.9 Å². The van der Waals surface area contributed by atoms with Gasteiger partial charge in [0.2, 0.25) is 11.8 Å². The van der Waals surface area contributed by atoms with Crippen molar-refractivity contribution < 1.29 is 18.4 Å². The minimum Gasteiger partial charge on any atom is -0.357 e. The van der Waals surface area contributed by atoms with E-state index in [1.807, 2.05) is 42.8 Å². The largest absolute Gasteiger partial charge is 0.357 e. The number of nitrogens with one attached hydrogen (secondary N) is 2. The molecular formula is C22H22F2N4O2S. The van der Waals surface area contributed by atoms with E-state index in [2.05, 4.69) is 15.6 Å². The number of aryl methyl sites for hydroxylation is 1. The number of imidazole rings is 1. The molecule has 0 radical (unpaired) electrons. The number of likely N-dealkylation sites (N-methyl/N-ethyl adjacent to an activating group) is 1. The number of benzene rings is 2. The Bertz CT molecular complexity index is 1120. The van der Waals surface area contributed by atoms with Crippen molar-refractivity contribution in [2.45, 2.75) is 25.0 Å². The zero-order valence-electron chi connectivity index (χ0n) is 17.3. The summed E-state index contributed by atoms with van der Waals surface area (Å²) in [7, 11) is 1.40. The minimum atomic E-state index is -1.15. The van der Waals surface area contributed by atoms with Gasteiger partial charge in [-0.3, -0.25) is 14.2 Å². The third-order valence-corrected chi connectivity index (χ3v) is 5.83. The van der Waals surface area contributed by atoms with Gasteiger partial charge >= 0.3 is 0 Å². The Morgan fingerprint density at radius 1 is 1.16 bits per heavy atom. The first-order chi connectivity index (χ1) is 14.8. The van der Waals surface area contributed by atoms with Crippen LogP contribution >= 0.6 is 11.8 Å². The molecule has 2 N–H and O–H groups in total. The molecule has 0 saturated heterocycles. The second-order valence-electron chi connectivity index (χ2n) is 6.88. The average molecular weight is 445 g/mol. The number of carbonyl (C=O) groups is 2. The fourth-order valence-electron chi connectivity index (χ4n) is 3.05. The van der Waals surface area contributed by atoms with Crippen LogP contribution in [0.25, 0.3) is 5.69 Å². The molecule has 1 atom stereocenters. The second kappa shape index (κ2) is 9.74. The summed E-state index contributed by atoms with van der Waals surface area (Å²) in [4.78, 5) is 29.1. The molecule has 3 rings (SSSR count). The van der Waals surface area contributed by atoms with Gasteiger partial charge in [-0.15, -0.1) is 0 Å². The van der Waals surface area contributed by atoms with Gasteiger partial charge in [0, 0.05) is 19.4 Å². The molecule has 0 saturated carbocycles. The highest BCUT2D eigenvalue weighted by Crippen LogP contribution is 2.24. The highest BCUT2D eigenvalue weighted by Gasteiger charge is 2.23. The van der Waals surface area contributed by atoms with Gasteiger partial charge in [0.1, 0.15) is 6.04 Å². The number of thioether (sulfide) groups is 1. The molecular weight excluding hydrogens is 422 g/mol. The predicted molar refractivity (Wildman–Crippen MR) is 115 cm³/mol. The van der Waals surface area contributed by atoms with E-state index in [0.717, 1.165) is 28.9 Å². The Morgan fingerprint density at radius 3 is 2.65 bits per heavy atom. The number of amides is 2. The summed E-state index contributed by atoms with van der Waals surface area (Å²) >= 11 is 1.21. The van der Waals surface area contributed by atoms with E-state index in [4.69, 9.17) is 0 Å². The smallest absolute Gasteiger partial charge is 0.246 e. The summed E-state index contributed by atoms with van der Waals surface area (Å²) < 4.78 is 28.7. The van der Waals surface area contributed by atoms with Crippen molar-refractivity contribution in [1.29, 1.82) is 0 Å². The number of carbonyl (C=O) groups excluding carboxylic acids is 2. The number of nitrogens with zero attached hydrogens (tertiary/aromatic N) is 2. The number of halogens is 2. The topological polar surface area (TPSA) is 76.0 Å². The molecule has 2 aromatic carbocycles. The van der Waals surface area contributed by atoms with Crippen molar-refractivity contribution in [2.24, 2.45) is 0 Å². The zero-order valence-corrected chi connectivity index (χ0v) is 18.1. The normalized spacial score (nSPS) is 11.8. The third-order valence-electron chi connectivity index (χ3n) is 4.87. The van der Waals surface area contributed by atoms with Crippen molar-refractivity contribution in [3.05, 3.63) is 77.1 Å². The van der Waals surface area contributed by atoms with Crippen molar-refractivity contribution >= 4 is 23.6 Å². The average Bonchev–Trinajstić information content (AvgIpc) is 3.22. The number of hydrogen-bond acceptors (Lipinski definition) is 4. The van der Waals surface area contributed by atoms with Gasteiger partial charge in [-0.2, -0.15) is 0 Å². The summed E-state index contributed by atoms with van der Waals surface area (Å²) in [5.41, 5.74) is 3.35. The Morgan fingerprint density at radius 2 is 1.94 bits per heavy atom. The van der Waals surface area contributed by atoms with Gasteiger partial charge in [-0.25, -0.2) is 13.8 Å². The van der Waals surface area contributed by atoms with E-state index in [9.17, 15) is 18.4 Å². The Labute approximate surface area is 183 Å². The van der Waals surface area contributed by atoms with Crippen LogP contribution in [0.2, 0.25) is 0 Å². The summed E-state index contributed by atoms with van der Waals surface area (Å²) in [5, 5.41) is 5.62. The number of rotatable bonds is 7. The van der Waals surface area contributed by atoms with Crippen LogP contribution in [0.5, 0.6) is 0 Å². The lowest BCUT2D eigenvalue weighted by Crippen LogP contribution is -2.39. The maximum atomic E-state index is 13.6. The Hall–Kier alpha value is -3.20. The molecule has 0 spiro atoms. The summed E-state index contributed by atoms with van der Waals surface area (Å²) in [6.07, 6.45) is 3.47. The van der Waals surface area contributed by atoms with Crippen LogP contribution in [0.1, 0.15) is 22.7 Å². The highest BCUT2D eigenvalue weighted by atomic mass is 32.2. The first-order valence-electron chi connectivity index (χ1n) is 9.50. The standard InChI is InChI=1S/C22H22F2N4O2S/c1-13-5-4-6-18(14(13)2)28-10-9-26-22(28)31-12-19(29)27-20(21(30)25-3)15-7-8-16(23)17(24)11-15/h4-11,20H,12H2,1-3H3,(H,25,30)(H,27,29). The molecule has 0 aliphatic carbocycles. The molecule has 162 valence electrons. The predicted octanol–water partition coefficient (Wildman–Crippen LogP) is 3.46. The van der Waals surface area contributed by atoms with Gasteiger partial charge in [-0.05, 0) is 48.7 Å². The number of hydrogen-bond donors (Lipinski definition) is 2. The molecule has 3 aromatic rings. The molecule has 1 aromatic heterocycles. The van der Waals surface area contributed by atoms with Crippen LogP contribution in [0.4, 0.5) is 8.78 Å². The van der Waals surface area contributed by atoms with E-state index >= 15 is 0 Å². The van der Waals surface area contributed by atoms with Crippen molar-refractivity contribution in [1.82, 2.24) is 20.2 Å². The number of aromatic nitrogens is 2. The Kier molecular flexibility index (Phi) is 7.06. The van der Waals surface area contributed by atoms with Crippen LogP contribution < -0.4 is 10.6 Å². The quantitative estimate of drug-likeness (QED) is 0.548. The van der Waals surface area contributed by atoms with Gasteiger partial charge in [0.15, 0.2) is 16.8 Å². The van der Waals surface area contributed by atoms with Crippen molar-refractivity contribution in [3.63, 3.8) is 0 Å². The van der Waals surface area contributed by atoms with Gasteiger partial charge in [0.05, 0.1) is 11.4 Å². The molecule has 6 nitrogen and oxygen atoms in total. The van der Waals surface area contributed by atoms with E-state index in [1.54, 1.807) is 6.20 Å². The summed E-state index contributed by atoms with van der Waals surface area (Å²) in [5.74, 6) is -3.12. The molecule has 1 heterocycles. The molecule has 2 amide bonds. The zero-order chi connectivity index (χ0) is 22.5. The maximum absolute atomic E-state index is 13.6. The monoisotopic (exact) mass is 444 g/mol. The fraction of sp³-hybridized carbons (Fsp3) is 0.227.